The predicted molar refractivity (Wildman–Crippen MR) is 116 cm³/mol. The molecule has 1 aliphatic carbocycles. The predicted octanol–water partition coefficient (Wildman–Crippen LogP) is 3.50. The molecule has 0 spiro atoms. The van der Waals surface area contributed by atoms with Crippen molar-refractivity contribution >= 4 is 28.8 Å². The highest BCUT2D eigenvalue weighted by Gasteiger charge is 2.41. The maximum atomic E-state index is 12.9. The molecule has 3 aliphatic rings. The van der Waals surface area contributed by atoms with E-state index in [1.165, 1.54) is 11.8 Å². The van der Waals surface area contributed by atoms with Crippen molar-refractivity contribution in [2.24, 2.45) is 4.99 Å². The second kappa shape index (κ2) is 8.55. The van der Waals surface area contributed by atoms with Gasteiger partial charge in [0.05, 0.1) is 37.4 Å². The zero-order valence-electron chi connectivity index (χ0n) is 17.3. The zero-order valence-corrected chi connectivity index (χ0v) is 18.1. The van der Waals surface area contributed by atoms with Crippen molar-refractivity contribution in [1.29, 1.82) is 0 Å². The molecule has 1 fully saturated rings. The molecule has 7 nitrogen and oxygen atoms in total. The number of aliphatic imine (C=N–C) groups is 1. The average molecular weight is 428 g/mol. The molecule has 1 atom stereocenters. The summed E-state index contributed by atoms with van der Waals surface area (Å²) < 4.78 is 10.6. The van der Waals surface area contributed by atoms with Gasteiger partial charge in [0, 0.05) is 11.7 Å². The van der Waals surface area contributed by atoms with Crippen LogP contribution in [0.2, 0.25) is 0 Å². The Morgan fingerprint density at radius 2 is 2.00 bits per heavy atom. The molecule has 0 bridgehead atoms. The summed E-state index contributed by atoms with van der Waals surface area (Å²) in [4.78, 5) is 32.0. The summed E-state index contributed by atoms with van der Waals surface area (Å²) >= 11 is 1.47. The Bertz CT molecular complexity index is 948. The number of hydrogen-bond acceptors (Lipinski definition) is 7. The van der Waals surface area contributed by atoms with Gasteiger partial charge < -0.3 is 19.7 Å². The fourth-order valence-electron chi connectivity index (χ4n) is 3.61. The van der Waals surface area contributed by atoms with E-state index in [1.54, 1.807) is 14.0 Å². The second-order valence-electron chi connectivity index (χ2n) is 7.41. The molecule has 4 rings (SSSR count). The van der Waals surface area contributed by atoms with Crippen LogP contribution in [0.4, 0.5) is 0 Å². The molecule has 158 valence electrons. The summed E-state index contributed by atoms with van der Waals surface area (Å²) in [7, 11) is 1.62. The number of carbonyl (C=O) groups excluding carboxylic acids is 2. The summed E-state index contributed by atoms with van der Waals surface area (Å²) in [6.07, 6.45) is 2.32. The van der Waals surface area contributed by atoms with Crippen LogP contribution in [0.5, 0.6) is 5.75 Å². The smallest absolute Gasteiger partial charge is 0.338 e. The van der Waals surface area contributed by atoms with Crippen LogP contribution in [0, 0.1) is 0 Å². The lowest BCUT2D eigenvalue weighted by Gasteiger charge is -2.36. The van der Waals surface area contributed by atoms with E-state index < -0.39 is 12.0 Å². The number of rotatable bonds is 7. The second-order valence-corrected chi connectivity index (χ2v) is 8.24. The number of amidine groups is 1. The third-order valence-corrected chi connectivity index (χ3v) is 6.10. The molecule has 30 heavy (non-hydrogen) atoms. The number of nitrogens with one attached hydrogen (secondary N) is 1. The van der Waals surface area contributed by atoms with Crippen LogP contribution in [0.3, 0.4) is 0 Å². The fraction of sp³-hybridized carbons (Fsp3) is 0.409. The number of nitrogens with zero attached hydrogens (tertiary/aromatic N) is 2. The summed E-state index contributed by atoms with van der Waals surface area (Å²) in [6.45, 7) is 3.89. The highest BCUT2D eigenvalue weighted by atomic mass is 32.2. The summed E-state index contributed by atoms with van der Waals surface area (Å²) in [5, 5.41) is 5.74. The highest BCUT2D eigenvalue weighted by Crippen LogP contribution is 2.45. The van der Waals surface area contributed by atoms with E-state index in [0.29, 0.717) is 17.3 Å². The Kier molecular flexibility index (Phi) is 5.85. The minimum atomic E-state index is -0.419. The summed E-state index contributed by atoms with van der Waals surface area (Å²) in [6, 6.07) is 7.48. The van der Waals surface area contributed by atoms with E-state index in [1.807, 2.05) is 41.5 Å². The Morgan fingerprint density at radius 1 is 1.27 bits per heavy atom. The SMILES string of the molecule is CCOC(=O)C1=C(C)N=C2SC=C(CC(=O)NC3CC3)N2[C@@H]1c1ccc(OC)cc1. The van der Waals surface area contributed by atoms with Gasteiger partial charge >= 0.3 is 5.97 Å². The number of thioether (sulfide) groups is 1. The molecular weight excluding hydrogens is 402 g/mol. The van der Waals surface area contributed by atoms with E-state index in [0.717, 1.165) is 35.0 Å². The van der Waals surface area contributed by atoms with Crippen LogP contribution < -0.4 is 10.1 Å². The number of ether oxygens (including phenoxy) is 2. The van der Waals surface area contributed by atoms with Crippen LogP contribution in [-0.2, 0) is 14.3 Å². The lowest BCUT2D eigenvalue weighted by Crippen LogP contribution is -2.38. The minimum Gasteiger partial charge on any atom is -0.497 e. The van der Waals surface area contributed by atoms with Gasteiger partial charge in [-0.05, 0) is 49.8 Å². The van der Waals surface area contributed by atoms with Crippen molar-refractivity contribution in [3.63, 3.8) is 0 Å². The van der Waals surface area contributed by atoms with Gasteiger partial charge in [-0.15, -0.1) is 0 Å². The Morgan fingerprint density at radius 3 is 2.63 bits per heavy atom. The third kappa shape index (κ3) is 4.09. The van der Waals surface area contributed by atoms with E-state index >= 15 is 0 Å². The quantitative estimate of drug-likeness (QED) is 0.671. The molecule has 1 N–H and O–H groups in total. The Hall–Kier alpha value is -2.74. The molecule has 8 heteroatoms. The van der Waals surface area contributed by atoms with Crippen molar-refractivity contribution in [1.82, 2.24) is 10.2 Å². The van der Waals surface area contributed by atoms with Crippen molar-refractivity contribution in [2.75, 3.05) is 13.7 Å². The molecule has 2 aliphatic heterocycles. The van der Waals surface area contributed by atoms with Crippen LogP contribution >= 0.6 is 11.8 Å². The first-order valence-electron chi connectivity index (χ1n) is 10.1. The molecule has 1 aromatic rings. The van der Waals surface area contributed by atoms with Crippen molar-refractivity contribution in [2.45, 2.75) is 45.2 Å². The highest BCUT2D eigenvalue weighted by molar-refractivity contribution is 8.16. The number of esters is 1. The molecule has 0 aromatic heterocycles. The number of benzene rings is 1. The van der Waals surface area contributed by atoms with Crippen molar-refractivity contribution in [3.8, 4) is 5.75 Å². The van der Waals surface area contributed by atoms with Gasteiger partial charge in [0.2, 0.25) is 5.91 Å². The number of allylic oxidation sites excluding steroid dienone is 1. The first kappa shape index (κ1) is 20.5. The topological polar surface area (TPSA) is 80.2 Å². The van der Waals surface area contributed by atoms with Gasteiger partial charge in [-0.3, -0.25) is 4.79 Å². The molecule has 2 heterocycles. The van der Waals surface area contributed by atoms with Crippen LogP contribution in [0.1, 0.15) is 44.7 Å². The fourth-order valence-corrected chi connectivity index (χ4v) is 4.58. The molecule has 0 radical (unpaired) electrons. The van der Waals surface area contributed by atoms with Crippen LogP contribution in [0.15, 0.2) is 51.6 Å². The number of carbonyl (C=O) groups is 2. The van der Waals surface area contributed by atoms with Gasteiger partial charge in [0.1, 0.15) is 5.75 Å². The molecule has 0 saturated heterocycles. The number of methoxy groups -OCH3 is 1. The van der Waals surface area contributed by atoms with Crippen LogP contribution in [-0.4, -0.2) is 41.7 Å². The monoisotopic (exact) mass is 427 g/mol. The average Bonchev–Trinajstić information content (AvgIpc) is 3.46. The van der Waals surface area contributed by atoms with Gasteiger partial charge in [0.15, 0.2) is 5.17 Å². The molecule has 1 saturated carbocycles. The van der Waals surface area contributed by atoms with Crippen LogP contribution in [0.25, 0.3) is 0 Å². The minimum absolute atomic E-state index is 0.0111. The lowest BCUT2D eigenvalue weighted by atomic mass is 9.93. The maximum Gasteiger partial charge on any atom is 0.338 e. The van der Waals surface area contributed by atoms with Crippen molar-refractivity contribution < 1.29 is 19.1 Å². The molecule has 1 aromatic carbocycles. The molecule has 1 amide bonds. The number of hydrogen-bond donors (Lipinski definition) is 1. The summed E-state index contributed by atoms with van der Waals surface area (Å²) in [5.41, 5.74) is 2.85. The van der Waals surface area contributed by atoms with E-state index in [9.17, 15) is 9.59 Å². The largest absolute Gasteiger partial charge is 0.497 e. The Labute approximate surface area is 180 Å². The first-order valence-corrected chi connectivity index (χ1v) is 10.9. The first-order chi connectivity index (χ1) is 14.5. The third-order valence-electron chi connectivity index (χ3n) is 5.21. The standard InChI is InChI=1S/C22H25N3O4S/c1-4-29-21(27)19-13(2)23-22-25(20(19)14-5-9-17(28-3)10-6-14)16(12-30-22)11-18(26)24-15-7-8-15/h5-6,9-10,12,15,20H,4,7-8,11H2,1-3H3,(H,24,26)/t20-/m1/s1. The zero-order chi connectivity index (χ0) is 21.3. The maximum absolute atomic E-state index is 12.9. The lowest BCUT2D eigenvalue weighted by molar-refractivity contribution is -0.139. The van der Waals surface area contributed by atoms with Gasteiger partial charge in [0.25, 0.3) is 0 Å². The number of fused-ring (bicyclic) bond motifs is 1. The van der Waals surface area contributed by atoms with Crippen molar-refractivity contribution in [3.05, 3.63) is 52.2 Å². The van der Waals surface area contributed by atoms with Gasteiger partial charge in [-0.2, -0.15) is 0 Å². The number of amides is 1. The van der Waals surface area contributed by atoms with E-state index in [-0.39, 0.29) is 18.9 Å². The normalized spacial score (nSPS) is 20.4. The molecule has 0 unspecified atom stereocenters. The molecular formula is C22H25N3O4S. The van der Waals surface area contributed by atoms with Gasteiger partial charge in [-0.25, -0.2) is 9.79 Å². The summed E-state index contributed by atoms with van der Waals surface area (Å²) in [5.74, 6) is 0.331. The van der Waals surface area contributed by atoms with E-state index in [4.69, 9.17) is 9.47 Å². The van der Waals surface area contributed by atoms with E-state index in [2.05, 4.69) is 10.3 Å². The van der Waals surface area contributed by atoms with Gasteiger partial charge in [-0.1, -0.05) is 23.9 Å². The Balaban J connectivity index is 1.70.